The second-order valence-electron chi connectivity index (χ2n) is 5.20. The zero-order valence-electron chi connectivity index (χ0n) is 10.0. The van der Waals surface area contributed by atoms with E-state index in [1.807, 2.05) is 0 Å². The van der Waals surface area contributed by atoms with Gasteiger partial charge in [-0.15, -0.1) is 0 Å². The van der Waals surface area contributed by atoms with Crippen LogP contribution in [0.5, 0.6) is 0 Å². The lowest BCUT2D eigenvalue weighted by Crippen LogP contribution is -2.13. The molecule has 0 saturated carbocycles. The van der Waals surface area contributed by atoms with Crippen LogP contribution in [0.1, 0.15) is 32.8 Å². The number of anilines is 1. The summed E-state index contributed by atoms with van der Waals surface area (Å²) in [5, 5.41) is 3.49. The van der Waals surface area contributed by atoms with Crippen molar-refractivity contribution >= 4 is 28.3 Å². The van der Waals surface area contributed by atoms with Crippen molar-refractivity contribution in [1.82, 2.24) is 0 Å². The minimum Gasteiger partial charge on any atom is -0.385 e. The van der Waals surface area contributed by atoms with E-state index in [1.165, 1.54) is 21.2 Å². The molecule has 1 aromatic carbocycles. The molecule has 0 unspecified atom stereocenters. The van der Waals surface area contributed by atoms with Crippen molar-refractivity contribution in [3.8, 4) is 0 Å². The summed E-state index contributed by atoms with van der Waals surface area (Å²) >= 11 is 2.34. The Balaban J connectivity index is 2.51. The fraction of sp³-hybridized carbons (Fsp3) is 0.538. The fourth-order valence-corrected chi connectivity index (χ4v) is 2.04. The molecule has 0 aliphatic rings. The van der Waals surface area contributed by atoms with Gasteiger partial charge in [0.05, 0.1) is 0 Å². The standard InChI is InChI=1S/C13H20IN/c1-10-9-11(14)5-6-12(10)15-8-7-13(2,3)4/h5-6,9,15H,7-8H2,1-4H3. The van der Waals surface area contributed by atoms with E-state index >= 15 is 0 Å². The summed E-state index contributed by atoms with van der Waals surface area (Å²) < 4.78 is 1.30. The number of benzene rings is 1. The molecule has 0 atom stereocenters. The van der Waals surface area contributed by atoms with Crippen LogP contribution in [0, 0.1) is 15.9 Å². The Morgan fingerprint density at radius 2 is 1.93 bits per heavy atom. The van der Waals surface area contributed by atoms with Crippen LogP contribution in [0.2, 0.25) is 0 Å². The molecule has 0 saturated heterocycles. The number of halogens is 1. The molecule has 0 radical (unpaired) electrons. The summed E-state index contributed by atoms with van der Waals surface area (Å²) in [5.41, 5.74) is 3.00. The summed E-state index contributed by atoms with van der Waals surface area (Å²) in [6.07, 6.45) is 1.19. The first-order valence-electron chi connectivity index (χ1n) is 5.38. The topological polar surface area (TPSA) is 12.0 Å². The molecule has 0 amide bonds. The van der Waals surface area contributed by atoms with Crippen molar-refractivity contribution in [3.63, 3.8) is 0 Å². The zero-order chi connectivity index (χ0) is 11.5. The number of nitrogens with one attached hydrogen (secondary N) is 1. The molecule has 1 aromatic rings. The van der Waals surface area contributed by atoms with E-state index in [1.54, 1.807) is 0 Å². The molecule has 0 heterocycles. The third-order valence-corrected chi connectivity index (χ3v) is 3.05. The Morgan fingerprint density at radius 1 is 1.27 bits per heavy atom. The van der Waals surface area contributed by atoms with Crippen LogP contribution < -0.4 is 5.32 Å². The second-order valence-corrected chi connectivity index (χ2v) is 6.44. The largest absolute Gasteiger partial charge is 0.385 e. The molecule has 1 N–H and O–H groups in total. The van der Waals surface area contributed by atoms with Crippen LogP contribution in [0.3, 0.4) is 0 Å². The number of hydrogen-bond donors (Lipinski definition) is 1. The zero-order valence-corrected chi connectivity index (χ0v) is 12.2. The SMILES string of the molecule is Cc1cc(I)ccc1NCCC(C)(C)C. The van der Waals surface area contributed by atoms with Gasteiger partial charge in [0.2, 0.25) is 0 Å². The summed E-state index contributed by atoms with van der Waals surface area (Å²) in [5.74, 6) is 0. The smallest absolute Gasteiger partial charge is 0.0370 e. The van der Waals surface area contributed by atoms with Crippen LogP contribution in [0.15, 0.2) is 18.2 Å². The van der Waals surface area contributed by atoms with Crippen LogP contribution in [0.25, 0.3) is 0 Å². The maximum Gasteiger partial charge on any atom is 0.0370 e. The molecule has 15 heavy (non-hydrogen) atoms. The molecule has 0 aromatic heterocycles. The van der Waals surface area contributed by atoms with E-state index in [9.17, 15) is 0 Å². The summed E-state index contributed by atoms with van der Waals surface area (Å²) in [7, 11) is 0. The van der Waals surface area contributed by atoms with Crippen molar-refractivity contribution in [2.75, 3.05) is 11.9 Å². The highest BCUT2D eigenvalue weighted by Crippen LogP contribution is 2.21. The van der Waals surface area contributed by atoms with Crippen LogP contribution in [-0.4, -0.2) is 6.54 Å². The lowest BCUT2D eigenvalue weighted by molar-refractivity contribution is 0.390. The normalized spacial score (nSPS) is 11.5. The lowest BCUT2D eigenvalue weighted by Gasteiger charge is -2.19. The highest BCUT2D eigenvalue weighted by molar-refractivity contribution is 14.1. The van der Waals surface area contributed by atoms with Crippen LogP contribution >= 0.6 is 22.6 Å². The van der Waals surface area contributed by atoms with E-state index in [4.69, 9.17) is 0 Å². The summed E-state index contributed by atoms with van der Waals surface area (Å²) in [4.78, 5) is 0. The molecular formula is C13H20IN. The van der Waals surface area contributed by atoms with Gasteiger partial charge in [-0.3, -0.25) is 0 Å². The third-order valence-electron chi connectivity index (χ3n) is 2.38. The highest BCUT2D eigenvalue weighted by atomic mass is 127. The van der Waals surface area contributed by atoms with E-state index in [0.717, 1.165) is 6.54 Å². The molecule has 0 spiro atoms. The van der Waals surface area contributed by atoms with Crippen molar-refractivity contribution in [3.05, 3.63) is 27.3 Å². The maximum absolute atomic E-state index is 3.49. The third kappa shape index (κ3) is 4.87. The second kappa shape index (κ2) is 5.19. The van der Waals surface area contributed by atoms with Gasteiger partial charge in [-0.2, -0.15) is 0 Å². The predicted octanol–water partition coefficient (Wildman–Crippen LogP) is 4.45. The van der Waals surface area contributed by atoms with Gasteiger partial charge in [-0.1, -0.05) is 20.8 Å². The minimum atomic E-state index is 0.407. The maximum atomic E-state index is 3.49. The Morgan fingerprint density at radius 3 is 2.47 bits per heavy atom. The fourth-order valence-electron chi connectivity index (χ4n) is 1.40. The highest BCUT2D eigenvalue weighted by Gasteiger charge is 2.09. The van der Waals surface area contributed by atoms with Gasteiger partial charge in [0.25, 0.3) is 0 Å². The van der Waals surface area contributed by atoms with E-state index in [0.29, 0.717) is 5.41 Å². The minimum absolute atomic E-state index is 0.407. The summed E-state index contributed by atoms with van der Waals surface area (Å²) in [6, 6.07) is 6.52. The molecule has 1 rings (SSSR count). The number of aryl methyl sites for hydroxylation is 1. The number of hydrogen-bond acceptors (Lipinski definition) is 1. The van der Waals surface area contributed by atoms with Gasteiger partial charge in [-0.25, -0.2) is 0 Å². The molecule has 84 valence electrons. The average molecular weight is 317 g/mol. The van der Waals surface area contributed by atoms with Crippen molar-refractivity contribution < 1.29 is 0 Å². The molecular weight excluding hydrogens is 297 g/mol. The van der Waals surface area contributed by atoms with E-state index in [2.05, 4.69) is 73.8 Å². The first-order chi connectivity index (χ1) is 6.88. The molecule has 0 aliphatic carbocycles. The number of rotatable bonds is 3. The lowest BCUT2D eigenvalue weighted by atomic mass is 9.92. The first-order valence-corrected chi connectivity index (χ1v) is 6.46. The Labute approximate surface area is 107 Å². The van der Waals surface area contributed by atoms with Crippen LogP contribution in [0.4, 0.5) is 5.69 Å². The predicted molar refractivity (Wildman–Crippen MR) is 76.5 cm³/mol. The van der Waals surface area contributed by atoms with Gasteiger partial charge in [0.1, 0.15) is 0 Å². The van der Waals surface area contributed by atoms with Crippen molar-refractivity contribution in [1.29, 1.82) is 0 Å². The van der Waals surface area contributed by atoms with Gasteiger partial charge >= 0.3 is 0 Å². The van der Waals surface area contributed by atoms with Gasteiger partial charge in [-0.05, 0) is 65.1 Å². The summed E-state index contributed by atoms with van der Waals surface area (Å²) in [6.45, 7) is 10.0. The Hall–Kier alpha value is -0.250. The van der Waals surface area contributed by atoms with Gasteiger partial charge in [0, 0.05) is 15.8 Å². The molecule has 0 bridgehead atoms. The Kier molecular flexibility index (Phi) is 4.44. The molecule has 1 nitrogen and oxygen atoms in total. The molecule has 0 aliphatic heterocycles. The van der Waals surface area contributed by atoms with Gasteiger partial charge < -0.3 is 5.32 Å². The van der Waals surface area contributed by atoms with Crippen LogP contribution in [-0.2, 0) is 0 Å². The van der Waals surface area contributed by atoms with E-state index in [-0.39, 0.29) is 0 Å². The molecule has 2 heteroatoms. The first kappa shape index (κ1) is 12.8. The van der Waals surface area contributed by atoms with Crippen molar-refractivity contribution in [2.45, 2.75) is 34.1 Å². The average Bonchev–Trinajstić information content (AvgIpc) is 2.07. The van der Waals surface area contributed by atoms with Crippen molar-refractivity contribution in [2.24, 2.45) is 5.41 Å². The Bertz CT molecular complexity index is 326. The molecule has 0 fully saturated rings. The quantitative estimate of drug-likeness (QED) is 0.812. The van der Waals surface area contributed by atoms with E-state index < -0.39 is 0 Å². The monoisotopic (exact) mass is 317 g/mol. The van der Waals surface area contributed by atoms with Gasteiger partial charge in [0.15, 0.2) is 0 Å².